The van der Waals surface area contributed by atoms with Crippen LogP contribution < -0.4 is 16.7 Å². The number of hydrogen-bond donors (Lipinski definition) is 3. The Morgan fingerprint density at radius 1 is 1.47 bits per heavy atom. The van der Waals surface area contributed by atoms with Gasteiger partial charge in [0.15, 0.2) is 11.4 Å². The van der Waals surface area contributed by atoms with Gasteiger partial charge in [-0.1, -0.05) is 0 Å². The van der Waals surface area contributed by atoms with Crippen LogP contribution in [0.2, 0.25) is 0 Å². The van der Waals surface area contributed by atoms with Crippen LogP contribution in [0, 0.1) is 0 Å². The second-order valence-electron chi connectivity index (χ2n) is 3.54. The van der Waals surface area contributed by atoms with Crippen LogP contribution in [0.25, 0.3) is 11.0 Å². The molecule has 2 aromatic rings. The van der Waals surface area contributed by atoms with Crippen LogP contribution in [-0.4, -0.2) is 11.0 Å². The smallest absolute Gasteiger partial charge is 0.363 e. The molecule has 0 unspecified atom stereocenters. The number of nitrogens with two attached hydrogens (primary N) is 1. The molecule has 1 aromatic carbocycles. The zero-order valence-electron chi connectivity index (χ0n) is 8.98. The highest BCUT2D eigenvalue weighted by Gasteiger charge is 2.11. The minimum Gasteiger partial charge on any atom is -0.505 e. The van der Waals surface area contributed by atoms with Gasteiger partial charge in [0.1, 0.15) is 5.58 Å². The zero-order chi connectivity index (χ0) is 12.6. The molecule has 0 aliphatic rings. The summed E-state index contributed by atoms with van der Waals surface area (Å²) in [5.41, 5.74) is 4.83. The van der Waals surface area contributed by atoms with Crippen molar-refractivity contribution in [2.45, 2.75) is 6.92 Å². The van der Waals surface area contributed by atoms with Gasteiger partial charge in [-0.3, -0.25) is 4.79 Å². The number of rotatable bonds is 1. The van der Waals surface area contributed by atoms with Crippen molar-refractivity contribution in [3.05, 3.63) is 28.6 Å². The summed E-state index contributed by atoms with van der Waals surface area (Å²) in [7, 11) is 0. The Morgan fingerprint density at radius 3 is 2.82 bits per heavy atom. The second kappa shape index (κ2) is 3.82. The van der Waals surface area contributed by atoms with Crippen molar-refractivity contribution < 1.29 is 14.3 Å². The molecular weight excluding hydrogens is 224 g/mol. The highest BCUT2D eigenvalue weighted by atomic mass is 16.4. The molecule has 1 amide bonds. The number of carbonyl (C=O) groups is 1. The van der Waals surface area contributed by atoms with Crippen LogP contribution in [0.4, 0.5) is 11.4 Å². The van der Waals surface area contributed by atoms with E-state index in [1.165, 1.54) is 19.1 Å². The highest BCUT2D eigenvalue weighted by Crippen LogP contribution is 2.29. The van der Waals surface area contributed by atoms with Gasteiger partial charge in [0.05, 0.1) is 5.39 Å². The van der Waals surface area contributed by atoms with E-state index in [0.717, 1.165) is 0 Å². The third-order valence-electron chi connectivity index (χ3n) is 2.23. The molecule has 0 spiro atoms. The first kappa shape index (κ1) is 11.0. The third-order valence-corrected chi connectivity index (χ3v) is 2.23. The van der Waals surface area contributed by atoms with Crippen molar-refractivity contribution in [3.8, 4) is 5.75 Å². The number of anilines is 2. The van der Waals surface area contributed by atoms with E-state index in [1.807, 2.05) is 0 Å². The van der Waals surface area contributed by atoms with Crippen molar-refractivity contribution >= 4 is 28.3 Å². The molecule has 0 saturated heterocycles. The first-order valence-electron chi connectivity index (χ1n) is 4.82. The Hall–Kier alpha value is -2.50. The lowest BCUT2D eigenvalue weighted by molar-refractivity contribution is -0.114. The molecule has 17 heavy (non-hydrogen) atoms. The Kier molecular flexibility index (Phi) is 2.47. The fourth-order valence-corrected chi connectivity index (χ4v) is 1.48. The number of nitrogens with one attached hydrogen (secondary N) is 1. The maximum atomic E-state index is 11.2. The fraction of sp³-hybridized carbons (Fsp3) is 0.0909. The molecule has 88 valence electrons. The standard InChI is InChI=1S/C11H10N2O4/c1-5(14)13-6-2-3-7-8(4-6)17-11(16)9(12)10(7)15/h2-4,15H,12H2,1H3,(H,13,14). The number of carbonyl (C=O) groups excluding carboxylic acids is 1. The van der Waals surface area contributed by atoms with Crippen molar-refractivity contribution in [2.24, 2.45) is 0 Å². The summed E-state index contributed by atoms with van der Waals surface area (Å²) >= 11 is 0. The first-order valence-corrected chi connectivity index (χ1v) is 4.82. The molecule has 0 bridgehead atoms. The van der Waals surface area contributed by atoms with Gasteiger partial charge >= 0.3 is 5.63 Å². The van der Waals surface area contributed by atoms with Gasteiger partial charge in [0, 0.05) is 18.7 Å². The lowest BCUT2D eigenvalue weighted by Gasteiger charge is -2.05. The highest BCUT2D eigenvalue weighted by molar-refractivity contribution is 5.94. The Bertz CT molecular complexity index is 660. The topological polar surface area (TPSA) is 106 Å². The lowest BCUT2D eigenvalue weighted by atomic mass is 10.2. The molecule has 0 saturated carbocycles. The van der Waals surface area contributed by atoms with E-state index >= 15 is 0 Å². The van der Waals surface area contributed by atoms with Crippen LogP contribution in [0.3, 0.4) is 0 Å². The van der Waals surface area contributed by atoms with Crippen LogP contribution in [0.15, 0.2) is 27.4 Å². The number of benzene rings is 1. The number of hydrogen-bond acceptors (Lipinski definition) is 5. The summed E-state index contributed by atoms with van der Waals surface area (Å²) in [4.78, 5) is 22.1. The summed E-state index contributed by atoms with van der Waals surface area (Å²) in [5, 5.41) is 12.5. The summed E-state index contributed by atoms with van der Waals surface area (Å²) in [6, 6.07) is 4.52. The van der Waals surface area contributed by atoms with Gasteiger partial charge in [-0.2, -0.15) is 0 Å². The molecule has 4 N–H and O–H groups in total. The average Bonchev–Trinajstić information content (AvgIpc) is 2.25. The number of amides is 1. The molecule has 0 atom stereocenters. The molecule has 1 aromatic heterocycles. The molecule has 6 heteroatoms. The van der Waals surface area contributed by atoms with Gasteiger partial charge in [-0.25, -0.2) is 4.79 Å². The minimum atomic E-state index is -0.810. The quantitative estimate of drug-likeness (QED) is 0.639. The first-order chi connectivity index (χ1) is 7.99. The van der Waals surface area contributed by atoms with Crippen LogP contribution in [0.5, 0.6) is 5.75 Å². The molecular formula is C11H10N2O4. The SMILES string of the molecule is CC(=O)Nc1ccc2c(O)c(N)c(=O)oc2c1. The van der Waals surface area contributed by atoms with Gasteiger partial charge in [0.25, 0.3) is 0 Å². The summed E-state index contributed by atoms with van der Waals surface area (Å²) in [6.07, 6.45) is 0. The molecule has 0 fully saturated rings. The molecule has 0 radical (unpaired) electrons. The number of fused-ring (bicyclic) bond motifs is 1. The Balaban J connectivity index is 2.67. The predicted octanol–water partition coefficient (Wildman–Crippen LogP) is 1.04. The van der Waals surface area contributed by atoms with E-state index in [1.54, 1.807) is 6.07 Å². The maximum Gasteiger partial charge on any atom is 0.363 e. The summed E-state index contributed by atoms with van der Waals surface area (Å²) in [6.45, 7) is 1.36. The van der Waals surface area contributed by atoms with Gasteiger partial charge in [0.2, 0.25) is 5.91 Å². The van der Waals surface area contributed by atoms with Gasteiger partial charge in [-0.15, -0.1) is 0 Å². The maximum absolute atomic E-state index is 11.2. The molecule has 1 heterocycles. The van der Waals surface area contributed by atoms with Gasteiger partial charge in [-0.05, 0) is 12.1 Å². The fourth-order valence-electron chi connectivity index (χ4n) is 1.48. The largest absolute Gasteiger partial charge is 0.505 e. The van der Waals surface area contributed by atoms with Crippen molar-refractivity contribution in [2.75, 3.05) is 11.1 Å². The van der Waals surface area contributed by atoms with E-state index in [9.17, 15) is 14.7 Å². The molecule has 0 aliphatic carbocycles. The van der Waals surface area contributed by atoms with Crippen LogP contribution in [0.1, 0.15) is 6.92 Å². The molecule has 0 aliphatic heterocycles. The average molecular weight is 234 g/mol. The monoisotopic (exact) mass is 234 g/mol. The van der Waals surface area contributed by atoms with Gasteiger partial charge < -0.3 is 20.6 Å². The minimum absolute atomic E-state index is 0.160. The van der Waals surface area contributed by atoms with E-state index in [0.29, 0.717) is 11.1 Å². The number of aromatic hydroxyl groups is 1. The second-order valence-corrected chi connectivity index (χ2v) is 3.54. The van der Waals surface area contributed by atoms with Crippen LogP contribution in [-0.2, 0) is 4.79 Å². The Labute approximate surface area is 95.7 Å². The number of nitrogen functional groups attached to an aromatic ring is 1. The van der Waals surface area contributed by atoms with Crippen molar-refractivity contribution in [1.82, 2.24) is 0 Å². The Morgan fingerprint density at radius 2 is 2.18 bits per heavy atom. The normalized spacial score (nSPS) is 10.4. The summed E-state index contributed by atoms with van der Waals surface area (Å²) in [5.74, 6) is -0.558. The van der Waals surface area contributed by atoms with Crippen LogP contribution >= 0.6 is 0 Å². The third kappa shape index (κ3) is 1.92. The van der Waals surface area contributed by atoms with E-state index < -0.39 is 5.63 Å². The van der Waals surface area contributed by atoms with Crippen molar-refractivity contribution in [3.63, 3.8) is 0 Å². The zero-order valence-corrected chi connectivity index (χ0v) is 8.98. The predicted molar refractivity (Wildman–Crippen MR) is 62.9 cm³/mol. The van der Waals surface area contributed by atoms with E-state index in [2.05, 4.69) is 5.32 Å². The summed E-state index contributed by atoms with van der Waals surface area (Å²) < 4.78 is 4.90. The molecule has 6 nitrogen and oxygen atoms in total. The van der Waals surface area contributed by atoms with E-state index in [-0.39, 0.29) is 22.9 Å². The van der Waals surface area contributed by atoms with Crippen molar-refractivity contribution in [1.29, 1.82) is 0 Å². The van der Waals surface area contributed by atoms with E-state index in [4.69, 9.17) is 10.2 Å². The lowest BCUT2D eigenvalue weighted by Crippen LogP contribution is -2.08. The molecule has 2 rings (SSSR count).